The minimum atomic E-state index is -2.03. The number of primary amides is 1. The molecule has 0 radical (unpaired) electrons. The van der Waals surface area contributed by atoms with E-state index in [1.165, 1.54) is 0 Å². The molecule has 0 unspecified atom stereocenters. The number of fused-ring (bicyclic) bond motifs is 1. The predicted octanol–water partition coefficient (Wildman–Crippen LogP) is -7.00. The number of carbonyl (C=O) groups excluding carboxylic acids is 13. The molecule has 2 aromatic rings. The van der Waals surface area contributed by atoms with Gasteiger partial charge >= 0.3 is 29.8 Å². The van der Waals surface area contributed by atoms with Gasteiger partial charge in [-0.15, -0.1) is 0 Å². The van der Waals surface area contributed by atoms with Crippen LogP contribution in [0, 0.1) is 0 Å². The fourth-order valence-corrected chi connectivity index (χ4v) is 11.3. The number of aliphatic hydroxyl groups excluding tert-OH is 2. The predicted molar refractivity (Wildman–Crippen MR) is 394 cm³/mol. The summed E-state index contributed by atoms with van der Waals surface area (Å²) in [4.78, 5) is 241. The number of benzene rings is 1. The van der Waals surface area contributed by atoms with Crippen molar-refractivity contribution in [1.82, 2.24) is 68.8 Å². The monoisotopic (exact) mass is 1600 g/mol. The van der Waals surface area contributed by atoms with Crippen LogP contribution >= 0.6 is 24.4 Å². The summed E-state index contributed by atoms with van der Waals surface area (Å²) in [5, 5.41) is 97.4. The highest BCUT2D eigenvalue weighted by Crippen LogP contribution is 2.20. The van der Waals surface area contributed by atoms with Gasteiger partial charge in [0.05, 0.1) is 24.7 Å². The Kier molecular flexibility index (Phi) is 43.3. The highest BCUT2D eigenvalue weighted by molar-refractivity contribution is 7.98. The van der Waals surface area contributed by atoms with Gasteiger partial charge in [-0.3, -0.25) is 81.5 Å². The van der Waals surface area contributed by atoms with Gasteiger partial charge in [-0.25, -0.2) is 4.79 Å². The van der Waals surface area contributed by atoms with Gasteiger partial charge in [-0.2, -0.15) is 24.4 Å². The van der Waals surface area contributed by atoms with Crippen LogP contribution in [0.2, 0.25) is 0 Å². The van der Waals surface area contributed by atoms with E-state index in [0.29, 0.717) is 22.9 Å². The minimum absolute atomic E-state index is 0.0700. The molecule has 614 valence electrons. The number of carboxylic acids is 5. The molecule has 0 saturated carbocycles. The third kappa shape index (κ3) is 35.0. The highest BCUT2D eigenvalue weighted by atomic mass is 32.2. The molecule has 0 spiro atoms. The van der Waals surface area contributed by atoms with Crippen LogP contribution in [0.3, 0.4) is 0 Å². The Balaban J connectivity index is 2.50. The summed E-state index contributed by atoms with van der Waals surface area (Å²) in [5.41, 5.74) is 24.1. The molecule has 1 heterocycles. The second kappa shape index (κ2) is 49.7. The number of aromatic nitrogens is 1. The topological polar surface area (TPSA) is 713 Å². The number of rotatable bonds is 55. The quantitative estimate of drug-likeness (QED) is 0.0216. The molecule has 0 fully saturated rings. The van der Waals surface area contributed by atoms with E-state index in [2.05, 4.69) is 76.1 Å². The number of carbonyl (C=O) groups is 18. The van der Waals surface area contributed by atoms with Crippen molar-refractivity contribution in [1.29, 1.82) is 0 Å². The lowest BCUT2D eigenvalue weighted by atomic mass is 10.0. The molecule has 2 rings (SSSR count). The molecule has 15 atom stereocenters. The van der Waals surface area contributed by atoms with E-state index in [0.717, 1.165) is 32.5 Å². The van der Waals surface area contributed by atoms with E-state index in [9.17, 15) is 117 Å². The van der Waals surface area contributed by atoms with E-state index in [1.807, 2.05) is 5.32 Å². The lowest BCUT2D eigenvalue weighted by Gasteiger charge is -2.29. The molecule has 0 aliphatic heterocycles. The van der Waals surface area contributed by atoms with Crippen molar-refractivity contribution >= 4 is 142 Å². The van der Waals surface area contributed by atoms with Crippen LogP contribution in [0.15, 0.2) is 30.5 Å². The van der Waals surface area contributed by atoms with Crippen LogP contribution in [-0.4, -0.2) is 269 Å². The van der Waals surface area contributed by atoms with Crippen molar-refractivity contribution in [3.05, 3.63) is 36.0 Å². The van der Waals surface area contributed by atoms with Gasteiger partial charge in [0.25, 0.3) is 0 Å². The number of aliphatic carboxylic acids is 5. The molecule has 110 heavy (non-hydrogen) atoms. The average Bonchev–Trinajstić information content (AvgIpc) is 1.66. The Morgan fingerprint density at radius 1 is 0.436 bits per heavy atom. The third-order valence-electron chi connectivity index (χ3n) is 16.7. The van der Waals surface area contributed by atoms with Gasteiger partial charge in [0.15, 0.2) is 0 Å². The zero-order chi connectivity index (χ0) is 83.1. The fourth-order valence-electron chi connectivity index (χ4n) is 10.5. The summed E-state index contributed by atoms with van der Waals surface area (Å²) >= 11 is 5.14. The van der Waals surface area contributed by atoms with E-state index in [1.54, 1.807) is 36.7 Å². The Hall–Kier alpha value is -10.3. The third-order valence-corrected chi connectivity index (χ3v) is 17.7. The van der Waals surface area contributed by atoms with Crippen molar-refractivity contribution in [2.75, 3.05) is 30.9 Å². The van der Waals surface area contributed by atoms with Gasteiger partial charge in [-0.1, -0.05) is 18.2 Å². The number of para-hydroxylation sites is 1. The van der Waals surface area contributed by atoms with Crippen LogP contribution in [0.5, 0.6) is 0 Å². The number of hydrogen-bond donors (Lipinski definition) is 25. The van der Waals surface area contributed by atoms with Gasteiger partial charge in [-0.05, 0) is 128 Å². The Morgan fingerprint density at radius 2 is 0.809 bits per heavy atom. The molecule has 0 bridgehead atoms. The first-order valence-corrected chi connectivity index (χ1v) is 37.0. The van der Waals surface area contributed by atoms with E-state index < -0.39 is 255 Å². The lowest BCUT2D eigenvalue weighted by Crippen LogP contribution is -2.62. The first kappa shape index (κ1) is 95.8. The molecular formula is C66H103N17O25S2. The molecule has 0 aliphatic carbocycles. The number of nitrogens with two attached hydrogens (primary N) is 4. The number of nitrogens with one attached hydrogen (secondary N) is 13. The summed E-state index contributed by atoms with van der Waals surface area (Å²) in [6.07, 6.45) is -6.60. The second-order valence-corrected chi connectivity index (χ2v) is 27.0. The van der Waals surface area contributed by atoms with Crippen LogP contribution < -0.4 is 86.7 Å². The van der Waals surface area contributed by atoms with Crippen molar-refractivity contribution in [2.45, 2.75) is 221 Å². The number of unbranched alkanes of at least 4 members (excludes halogenated alkanes) is 2. The SMILES string of the molecule is CSCC[C@H](NC(=O)[C@H](CCC(N)=O)NC(=O)[C@@H](NC(=O)[C@H](CCCCN)NC(=O)[C@H](Cc1c[nH]c2ccccc12)NC(=O)[C@@H](N)CCC(=O)O)[C@@H](C)O)C(=O)N[C@@H](CCC(=O)O)C(=O)N[C@@H](CCC(=O)O)C(=O)N[C@H](C(=O)N[C@@H](CCCCN)C(=O)N[C@@H](C)C(=O)N[C@@H](CS)C(=O)N[C@@H](CC(=O)O)C(=O)O)[C@@H](C)O. The Labute approximate surface area is 640 Å². The summed E-state index contributed by atoms with van der Waals surface area (Å²) in [7, 11) is 0. The zero-order valence-electron chi connectivity index (χ0n) is 61.0. The number of hydrogen-bond acceptors (Lipinski definition) is 25. The zero-order valence-corrected chi connectivity index (χ0v) is 62.8. The molecule has 42 nitrogen and oxygen atoms in total. The second-order valence-electron chi connectivity index (χ2n) is 25.7. The first-order chi connectivity index (χ1) is 51.8. The van der Waals surface area contributed by atoms with Gasteiger partial charge in [0.1, 0.15) is 72.5 Å². The molecule has 1 aromatic carbocycles. The van der Waals surface area contributed by atoms with Gasteiger partial charge < -0.3 is 127 Å². The Morgan fingerprint density at radius 3 is 1.23 bits per heavy atom. The van der Waals surface area contributed by atoms with Crippen LogP contribution in [0.4, 0.5) is 0 Å². The largest absolute Gasteiger partial charge is 0.481 e. The number of thioether (sulfide) groups is 1. The Bertz CT molecular complexity index is 3530. The molecule has 13 amide bonds. The lowest BCUT2D eigenvalue weighted by molar-refractivity contribution is -0.147. The average molecular weight is 1600 g/mol. The summed E-state index contributed by atoms with van der Waals surface area (Å²) in [6.45, 7) is 3.48. The molecule has 0 aliphatic rings. The number of aromatic amines is 1. The van der Waals surface area contributed by atoms with Crippen molar-refractivity contribution in [3.8, 4) is 0 Å². The first-order valence-electron chi connectivity index (χ1n) is 35.0. The maximum Gasteiger partial charge on any atom is 0.326 e. The number of aliphatic hydroxyl groups is 2. The van der Waals surface area contributed by atoms with Gasteiger partial charge in [0.2, 0.25) is 76.8 Å². The van der Waals surface area contributed by atoms with Crippen LogP contribution in [0.25, 0.3) is 10.9 Å². The normalized spacial score (nSPS) is 15.2. The summed E-state index contributed by atoms with van der Waals surface area (Å²) in [6, 6.07) is -15.4. The molecular weight excluding hydrogens is 1490 g/mol. The number of thiol groups is 1. The molecule has 44 heteroatoms. The van der Waals surface area contributed by atoms with E-state index in [4.69, 9.17) is 28.0 Å². The van der Waals surface area contributed by atoms with Crippen LogP contribution in [0.1, 0.15) is 129 Å². The standard InChI is InChI=1S/C66H103N17O25S2/c1-31(54(95)81-46(30-109)63(104)80-45(66(107)108)28-51(93)94)72-56(97)38(13-7-9-24-67)77-64(105)52(32(2)84)83-61(102)42(18-22-50(91)92)75-58(99)41(17-21-49(89)90)74-59(100)43(23-26-110-4)76-57(98)40(16-19-47(70)86)78-65(106)53(33(3)85)82-60(101)39(14-8-10-25-68)73-62(103)44(79-55(96)36(69)15-20-48(87)88)27-34-29-71-37-12-6-5-11-35(34)37/h5-6,11-12,29,31-33,36,38-46,52-53,71,84-85,109H,7-10,13-28,30,67-69H2,1-4H3,(H2,70,86)(H,72,97)(H,73,103)(H,74,100)(H,75,99)(H,76,98)(H,77,105)(H,78,106)(H,79,96)(H,80,104)(H,81,95)(H,82,101)(H,83,102)(H,87,88)(H,89,90)(H,91,92)(H,93,94)(H,107,108)/t31-,32+,33+,36-,38-,39-,40-,41-,42-,43-,44-,45-,46-,52-,53-/m0/s1. The van der Waals surface area contributed by atoms with E-state index >= 15 is 0 Å². The van der Waals surface area contributed by atoms with E-state index in [-0.39, 0.29) is 70.2 Å². The number of H-pyrrole nitrogens is 1. The molecule has 0 saturated heterocycles. The molecule has 1 aromatic heterocycles. The smallest absolute Gasteiger partial charge is 0.326 e. The molecule has 28 N–H and O–H groups in total. The summed E-state index contributed by atoms with van der Waals surface area (Å²) < 4.78 is 0. The maximum absolute atomic E-state index is 14.4. The van der Waals surface area contributed by atoms with Crippen molar-refractivity contribution < 1.29 is 122 Å². The van der Waals surface area contributed by atoms with Crippen LogP contribution in [-0.2, 0) is 92.7 Å². The van der Waals surface area contributed by atoms with Crippen molar-refractivity contribution in [3.63, 3.8) is 0 Å². The van der Waals surface area contributed by atoms with Crippen molar-refractivity contribution in [2.24, 2.45) is 22.9 Å². The fraction of sp³-hybridized carbons (Fsp3) is 0.606. The van der Waals surface area contributed by atoms with Gasteiger partial charge in [0, 0.05) is 55.0 Å². The summed E-state index contributed by atoms with van der Waals surface area (Å²) in [5.74, 6) is -22.7. The maximum atomic E-state index is 14.4. The number of carboxylic acid groups (broad SMARTS) is 5. The minimum Gasteiger partial charge on any atom is -0.481 e. The highest BCUT2D eigenvalue weighted by Gasteiger charge is 2.39. The number of amides is 13.